The quantitative estimate of drug-likeness (QED) is 0.682. The molecule has 2 aromatic heterocycles. The number of methoxy groups -OCH3 is 2. The lowest BCUT2D eigenvalue weighted by Gasteiger charge is -2.14. The standard InChI is InChI=1S/C20H22N4O4/c1-12(19(25)23-18-7-5-6-8-21-18)22-20(26)16-11-14-15(24(16)2)9-13(27-3)10-17(14)28-4/h5-12H,1-4H3,(H,22,26)(H,21,23,25)/t12-/m1/s1. The molecule has 0 aliphatic rings. The summed E-state index contributed by atoms with van der Waals surface area (Å²) in [4.78, 5) is 29.1. The van der Waals surface area contributed by atoms with Crippen LogP contribution in [-0.2, 0) is 11.8 Å². The number of aryl methyl sites for hydroxylation is 1. The molecule has 1 atom stereocenters. The maximum Gasteiger partial charge on any atom is 0.268 e. The lowest BCUT2D eigenvalue weighted by atomic mass is 10.2. The fraction of sp³-hybridized carbons (Fsp3) is 0.250. The molecule has 2 heterocycles. The number of nitrogens with one attached hydrogen (secondary N) is 2. The van der Waals surface area contributed by atoms with Gasteiger partial charge in [-0.25, -0.2) is 4.98 Å². The number of ether oxygens (including phenoxy) is 2. The van der Waals surface area contributed by atoms with E-state index < -0.39 is 6.04 Å². The highest BCUT2D eigenvalue weighted by Crippen LogP contribution is 2.33. The van der Waals surface area contributed by atoms with Crippen molar-refractivity contribution in [3.63, 3.8) is 0 Å². The maximum atomic E-state index is 12.8. The Kier molecular flexibility index (Phi) is 5.49. The van der Waals surface area contributed by atoms with Crippen LogP contribution in [0.2, 0.25) is 0 Å². The van der Waals surface area contributed by atoms with Crippen molar-refractivity contribution in [2.45, 2.75) is 13.0 Å². The number of amides is 2. The maximum absolute atomic E-state index is 12.8. The minimum Gasteiger partial charge on any atom is -0.497 e. The average Bonchev–Trinajstić information content (AvgIpc) is 3.04. The fourth-order valence-electron chi connectivity index (χ4n) is 2.89. The molecule has 0 spiro atoms. The van der Waals surface area contributed by atoms with Crippen molar-refractivity contribution in [2.24, 2.45) is 7.05 Å². The van der Waals surface area contributed by atoms with Gasteiger partial charge in [0.05, 0.1) is 19.7 Å². The number of pyridine rings is 1. The zero-order valence-corrected chi connectivity index (χ0v) is 16.1. The van der Waals surface area contributed by atoms with Crippen molar-refractivity contribution in [3.8, 4) is 11.5 Å². The SMILES string of the molecule is COc1cc(OC)c2cc(C(=O)N[C@H](C)C(=O)Nc3ccccn3)n(C)c2c1. The predicted molar refractivity (Wildman–Crippen MR) is 106 cm³/mol. The van der Waals surface area contributed by atoms with E-state index in [0.717, 1.165) is 10.9 Å². The van der Waals surface area contributed by atoms with Gasteiger partial charge in [-0.1, -0.05) is 6.07 Å². The van der Waals surface area contributed by atoms with Gasteiger partial charge in [-0.05, 0) is 25.1 Å². The van der Waals surface area contributed by atoms with Crippen LogP contribution >= 0.6 is 0 Å². The van der Waals surface area contributed by atoms with Gasteiger partial charge in [0.25, 0.3) is 5.91 Å². The molecule has 3 aromatic rings. The number of carbonyl (C=O) groups is 2. The molecule has 8 nitrogen and oxygen atoms in total. The third-order valence-corrected chi connectivity index (χ3v) is 4.44. The molecule has 0 bridgehead atoms. The lowest BCUT2D eigenvalue weighted by molar-refractivity contribution is -0.117. The number of benzene rings is 1. The van der Waals surface area contributed by atoms with Gasteiger partial charge in [0.2, 0.25) is 5.91 Å². The van der Waals surface area contributed by atoms with Gasteiger partial charge in [0.15, 0.2) is 0 Å². The molecule has 0 saturated heterocycles. The van der Waals surface area contributed by atoms with Gasteiger partial charge in [-0.3, -0.25) is 9.59 Å². The number of hydrogen-bond donors (Lipinski definition) is 2. The molecule has 0 saturated carbocycles. The van der Waals surface area contributed by atoms with E-state index in [1.807, 2.05) is 6.07 Å². The van der Waals surface area contributed by atoms with Crippen LogP contribution in [0.5, 0.6) is 11.5 Å². The highest BCUT2D eigenvalue weighted by molar-refractivity contribution is 6.03. The molecule has 2 N–H and O–H groups in total. The number of rotatable bonds is 6. The average molecular weight is 382 g/mol. The molecule has 146 valence electrons. The van der Waals surface area contributed by atoms with E-state index in [0.29, 0.717) is 23.0 Å². The molecule has 0 fully saturated rings. The molecule has 3 rings (SSSR count). The first-order valence-corrected chi connectivity index (χ1v) is 8.68. The van der Waals surface area contributed by atoms with Crippen molar-refractivity contribution < 1.29 is 19.1 Å². The van der Waals surface area contributed by atoms with Gasteiger partial charge in [-0.15, -0.1) is 0 Å². The first kappa shape index (κ1) is 19.2. The van der Waals surface area contributed by atoms with E-state index in [1.54, 1.807) is 69.3 Å². The number of hydrogen-bond acceptors (Lipinski definition) is 5. The highest BCUT2D eigenvalue weighted by atomic mass is 16.5. The third kappa shape index (κ3) is 3.75. The van der Waals surface area contributed by atoms with Gasteiger partial charge in [0, 0.05) is 30.8 Å². The van der Waals surface area contributed by atoms with Gasteiger partial charge < -0.3 is 24.7 Å². The Bertz CT molecular complexity index is 1010. The van der Waals surface area contributed by atoms with Crippen LogP contribution < -0.4 is 20.1 Å². The van der Waals surface area contributed by atoms with Crippen LogP contribution in [0.25, 0.3) is 10.9 Å². The summed E-state index contributed by atoms with van der Waals surface area (Å²) in [7, 11) is 4.90. The number of nitrogens with zero attached hydrogens (tertiary/aromatic N) is 2. The second-order valence-electron chi connectivity index (χ2n) is 6.25. The van der Waals surface area contributed by atoms with E-state index in [2.05, 4.69) is 15.6 Å². The van der Waals surface area contributed by atoms with Crippen molar-refractivity contribution in [3.05, 3.63) is 48.3 Å². The van der Waals surface area contributed by atoms with Crippen molar-refractivity contribution in [1.29, 1.82) is 0 Å². The van der Waals surface area contributed by atoms with Gasteiger partial charge >= 0.3 is 0 Å². The van der Waals surface area contributed by atoms with Gasteiger partial charge in [0.1, 0.15) is 29.1 Å². The molecule has 8 heteroatoms. The predicted octanol–water partition coefficient (Wildman–Crippen LogP) is 2.35. The van der Waals surface area contributed by atoms with E-state index in [1.165, 1.54) is 0 Å². The number of aromatic nitrogens is 2. The summed E-state index contributed by atoms with van der Waals surface area (Å²) in [6.45, 7) is 1.61. The van der Waals surface area contributed by atoms with Crippen LogP contribution in [0.15, 0.2) is 42.6 Å². The number of anilines is 1. The topological polar surface area (TPSA) is 94.5 Å². The summed E-state index contributed by atoms with van der Waals surface area (Å²) in [5.74, 6) is 0.925. The van der Waals surface area contributed by atoms with E-state index in [-0.39, 0.29) is 11.8 Å². The van der Waals surface area contributed by atoms with E-state index in [9.17, 15) is 9.59 Å². The molecule has 0 aliphatic carbocycles. The molecular formula is C20H22N4O4. The Morgan fingerprint density at radius 2 is 1.93 bits per heavy atom. The summed E-state index contributed by atoms with van der Waals surface area (Å²) in [5.41, 5.74) is 1.19. The Morgan fingerprint density at radius 1 is 1.14 bits per heavy atom. The monoisotopic (exact) mass is 382 g/mol. The molecule has 2 amide bonds. The first-order chi connectivity index (χ1) is 13.4. The molecule has 0 unspecified atom stereocenters. The summed E-state index contributed by atoms with van der Waals surface area (Å²) in [6, 6.07) is 9.76. The van der Waals surface area contributed by atoms with Gasteiger partial charge in [-0.2, -0.15) is 0 Å². The highest BCUT2D eigenvalue weighted by Gasteiger charge is 2.21. The van der Waals surface area contributed by atoms with E-state index >= 15 is 0 Å². The zero-order valence-electron chi connectivity index (χ0n) is 16.1. The van der Waals surface area contributed by atoms with Crippen LogP contribution in [0, 0.1) is 0 Å². The smallest absolute Gasteiger partial charge is 0.268 e. The van der Waals surface area contributed by atoms with Crippen LogP contribution in [0.3, 0.4) is 0 Å². The molecule has 0 aliphatic heterocycles. The zero-order chi connectivity index (χ0) is 20.3. The Morgan fingerprint density at radius 3 is 2.57 bits per heavy atom. The Hall–Kier alpha value is -3.55. The lowest BCUT2D eigenvalue weighted by Crippen LogP contribution is -2.42. The summed E-state index contributed by atoms with van der Waals surface area (Å²) >= 11 is 0. The largest absolute Gasteiger partial charge is 0.497 e. The normalized spacial score (nSPS) is 11.7. The molecule has 1 aromatic carbocycles. The third-order valence-electron chi connectivity index (χ3n) is 4.44. The summed E-state index contributed by atoms with van der Waals surface area (Å²) in [5, 5.41) is 6.16. The molecule has 0 radical (unpaired) electrons. The summed E-state index contributed by atoms with van der Waals surface area (Å²) < 4.78 is 12.4. The van der Waals surface area contributed by atoms with Crippen molar-refractivity contribution >= 4 is 28.5 Å². The van der Waals surface area contributed by atoms with Crippen LogP contribution in [-0.4, -0.2) is 41.6 Å². The number of carbonyl (C=O) groups excluding carboxylic acids is 2. The fourth-order valence-corrected chi connectivity index (χ4v) is 2.89. The Balaban J connectivity index is 1.81. The minimum atomic E-state index is -0.746. The first-order valence-electron chi connectivity index (χ1n) is 8.68. The second-order valence-corrected chi connectivity index (χ2v) is 6.25. The molecular weight excluding hydrogens is 360 g/mol. The van der Waals surface area contributed by atoms with Crippen molar-refractivity contribution in [2.75, 3.05) is 19.5 Å². The minimum absolute atomic E-state index is 0.356. The van der Waals surface area contributed by atoms with Crippen molar-refractivity contribution in [1.82, 2.24) is 14.9 Å². The van der Waals surface area contributed by atoms with Crippen LogP contribution in [0.4, 0.5) is 5.82 Å². The summed E-state index contributed by atoms with van der Waals surface area (Å²) in [6.07, 6.45) is 1.58. The van der Waals surface area contributed by atoms with E-state index in [4.69, 9.17) is 9.47 Å². The van der Waals surface area contributed by atoms with Crippen LogP contribution in [0.1, 0.15) is 17.4 Å². The molecule has 28 heavy (non-hydrogen) atoms. The number of fused-ring (bicyclic) bond motifs is 1. The second kappa shape index (κ2) is 7.99. The Labute approximate surface area is 162 Å².